The van der Waals surface area contributed by atoms with Gasteiger partial charge < -0.3 is 14.9 Å². The Labute approximate surface area is 95.0 Å². The molecular weight excluding hydrogens is 234 g/mol. The Kier molecular flexibility index (Phi) is 3.28. The number of ether oxygens (including phenoxy) is 1. The van der Waals surface area contributed by atoms with Crippen molar-refractivity contribution in [2.24, 2.45) is 5.92 Å². The fourth-order valence-corrected chi connectivity index (χ4v) is 1.64. The highest BCUT2D eigenvalue weighted by molar-refractivity contribution is 5.95. The minimum Gasteiger partial charge on any atom is -0.480 e. The number of rotatable bonds is 4. The molecule has 0 aromatic heterocycles. The van der Waals surface area contributed by atoms with Gasteiger partial charge in [0.15, 0.2) is 5.92 Å². The minimum absolute atomic E-state index is 0.599. The van der Waals surface area contributed by atoms with Crippen molar-refractivity contribution in [3.63, 3.8) is 0 Å². The molecule has 1 rings (SSSR count). The summed E-state index contributed by atoms with van der Waals surface area (Å²) in [6, 6.07) is 0. The molecule has 0 bridgehead atoms. The number of hydrogen-bond acceptors (Lipinski definition) is 5. The second kappa shape index (κ2) is 4.34. The largest absolute Gasteiger partial charge is 0.480 e. The van der Waals surface area contributed by atoms with Gasteiger partial charge in [0.05, 0.1) is 10.5 Å². The number of carboxylic acids is 2. The molecule has 0 amide bonds. The van der Waals surface area contributed by atoms with Crippen molar-refractivity contribution in [1.82, 2.24) is 0 Å². The predicted octanol–water partition coefficient (Wildman–Crippen LogP) is -0.113. The van der Waals surface area contributed by atoms with E-state index in [0.717, 1.165) is 25.3 Å². The highest BCUT2D eigenvalue weighted by atomic mass is 16.7. The zero-order chi connectivity index (χ0) is 13.2. The zero-order valence-corrected chi connectivity index (χ0v) is 8.69. The number of hydrogen-bond donors (Lipinski definition) is 2. The third-order valence-electron chi connectivity index (χ3n) is 2.44. The zero-order valence-electron chi connectivity index (χ0n) is 8.69. The molecule has 1 aliphatic carbocycles. The molecular formula is C9H9NO7. The number of aliphatic carboxylic acids is 2. The van der Waals surface area contributed by atoms with E-state index in [1.165, 1.54) is 0 Å². The van der Waals surface area contributed by atoms with E-state index in [9.17, 15) is 19.7 Å². The molecule has 0 saturated carbocycles. The summed E-state index contributed by atoms with van der Waals surface area (Å²) < 4.78 is 4.62. The van der Waals surface area contributed by atoms with Crippen LogP contribution in [0.1, 0.15) is 0 Å². The molecule has 0 saturated heterocycles. The van der Waals surface area contributed by atoms with Crippen LogP contribution >= 0.6 is 0 Å². The highest BCUT2D eigenvalue weighted by Crippen LogP contribution is 2.34. The van der Waals surface area contributed by atoms with Crippen molar-refractivity contribution in [2.45, 2.75) is 5.72 Å². The van der Waals surface area contributed by atoms with Crippen LogP contribution in [0, 0.1) is 16.0 Å². The summed E-state index contributed by atoms with van der Waals surface area (Å²) in [5.74, 6) is -5.07. The van der Waals surface area contributed by atoms with Crippen LogP contribution in [0.5, 0.6) is 0 Å². The summed E-state index contributed by atoms with van der Waals surface area (Å²) in [6.07, 6.45) is 3.01. The van der Waals surface area contributed by atoms with Gasteiger partial charge in [-0.1, -0.05) is 12.2 Å². The fraction of sp³-hybridized carbons (Fsp3) is 0.333. The Morgan fingerprint density at radius 3 is 2.47 bits per heavy atom. The molecule has 0 spiro atoms. The lowest BCUT2D eigenvalue weighted by Crippen LogP contribution is -2.52. The van der Waals surface area contributed by atoms with Gasteiger partial charge in [0.1, 0.15) is 0 Å². The number of carboxylic acid groups (broad SMARTS) is 2. The molecule has 2 N–H and O–H groups in total. The van der Waals surface area contributed by atoms with E-state index < -0.39 is 34.1 Å². The lowest BCUT2D eigenvalue weighted by Gasteiger charge is -2.28. The molecule has 92 valence electrons. The number of nitrogens with zero attached hydrogens (tertiary/aromatic N) is 1. The van der Waals surface area contributed by atoms with Crippen molar-refractivity contribution < 1.29 is 29.5 Å². The van der Waals surface area contributed by atoms with E-state index >= 15 is 0 Å². The molecule has 2 unspecified atom stereocenters. The van der Waals surface area contributed by atoms with Gasteiger partial charge in [-0.05, 0) is 0 Å². The van der Waals surface area contributed by atoms with Crippen LogP contribution in [-0.2, 0) is 14.3 Å². The van der Waals surface area contributed by atoms with E-state index in [1.54, 1.807) is 0 Å². The standard InChI is InChI=1S/C9H9NO7/c1-17-9(10(15)16)4-2-3-5(7(11)12)6(9)8(13)14/h2-4,6H,1H3,(H,11,12)(H,13,14). The average Bonchev–Trinajstić information content (AvgIpc) is 2.27. The quantitative estimate of drug-likeness (QED) is 0.400. The van der Waals surface area contributed by atoms with Crippen molar-refractivity contribution in [2.75, 3.05) is 7.11 Å². The first-order valence-corrected chi connectivity index (χ1v) is 4.42. The normalized spacial score (nSPS) is 27.4. The summed E-state index contributed by atoms with van der Waals surface area (Å²) in [7, 11) is 0.952. The maximum absolute atomic E-state index is 11.0. The van der Waals surface area contributed by atoms with Crippen LogP contribution in [0.4, 0.5) is 0 Å². The van der Waals surface area contributed by atoms with Crippen molar-refractivity contribution in [3.8, 4) is 0 Å². The van der Waals surface area contributed by atoms with Crippen molar-refractivity contribution >= 4 is 11.9 Å². The first-order chi connectivity index (χ1) is 7.86. The molecule has 0 aromatic carbocycles. The molecule has 0 heterocycles. The van der Waals surface area contributed by atoms with Gasteiger partial charge in [0, 0.05) is 13.2 Å². The summed E-state index contributed by atoms with van der Waals surface area (Å²) in [6.45, 7) is 0. The van der Waals surface area contributed by atoms with E-state index in [4.69, 9.17) is 10.2 Å². The van der Waals surface area contributed by atoms with Gasteiger partial charge in [0.2, 0.25) is 0 Å². The Balaban J connectivity index is 3.39. The van der Waals surface area contributed by atoms with Crippen molar-refractivity contribution in [1.29, 1.82) is 0 Å². The summed E-state index contributed by atoms with van der Waals surface area (Å²) in [4.78, 5) is 31.9. The van der Waals surface area contributed by atoms with E-state index in [0.29, 0.717) is 0 Å². The SMILES string of the molecule is COC1([N+](=O)[O-])C=CC=C(C(=O)O)C1C(=O)O. The van der Waals surface area contributed by atoms with Gasteiger partial charge in [-0.2, -0.15) is 0 Å². The summed E-state index contributed by atoms with van der Waals surface area (Å²) >= 11 is 0. The van der Waals surface area contributed by atoms with Crippen LogP contribution < -0.4 is 0 Å². The lowest BCUT2D eigenvalue weighted by atomic mass is 9.84. The van der Waals surface area contributed by atoms with Crippen LogP contribution in [0.2, 0.25) is 0 Å². The van der Waals surface area contributed by atoms with Gasteiger partial charge in [-0.3, -0.25) is 14.9 Å². The highest BCUT2D eigenvalue weighted by Gasteiger charge is 2.57. The molecule has 1 aliphatic rings. The van der Waals surface area contributed by atoms with Gasteiger partial charge in [0.25, 0.3) is 0 Å². The Morgan fingerprint density at radius 2 is 2.12 bits per heavy atom. The third-order valence-corrected chi connectivity index (χ3v) is 2.44. The summed E-state index contributed by atoms with van der Waals surface area (Å²) in [5.41, 5.74) is -2.99. The maximum Gasteiger partial charge on any atom is 0.362 e. The molecule has 0 radical (unpaired) electrons. The van der Waals surface area contributed by atoms with Crippen LogP contribution in [-0.4, -0.2) is 39.9 Å². The maximum atomic E-state index is 11.0. The first kappa shape index (κ1) is 12.8. The van der Waals surface area contributed by atoms with Crippen LogP contribution in [0.25, 0.3) is 0 Å². The Bertz CT molecular complexity index is 439. The van der Waals surface area contributed by atoms with Gasteiger partial charge in [-0.25, -0.2) is 4.79 Å². The van der Waals surface area contributed by atoms with Gasteiger partial charge in [-0.15, -0.1) is 0 Å². The molecule has 8 nitrogen and oxygen atoms in total. The topological polar surface area (TPSA) is 127 Å². The monoisotopic (exact) mass is 243 g/mol. The summed E-state index contributed by atoms with van der Waals surface area (Å²) in [5, 5.41) is 28.7. The molecule has 0 aromatic rings. The second-order valence-corrected chi connectivity index (χ2v) is 3.27. The number of allylic oxidation sites excluding steroid dienone is 2. The predicted molar refractivity (Wildman–Crippen MR) is 52.7 cm³/mol. The van der Waals surface area contributed by atoms with Crippen molar-refractivity contribution in [3.05, 3.63) is 33.9 Å². The smallest absolute Gasteiger partial charge is 0.362 e. The van der Waals surface area contributed by atoms with E-state index in [1.807, 2.05) is 0 Å². The number of carbonyl (C=O) groups is 2. The van der Waals surface area contributed by atoms with E-state index in [-0.39, 0.29) is 0 Å². The number of nitro groups is 1. The second-order valence-electron chi connectivity index (χ2n) is 3.27. The number of methoxy groups -OCH3 is 1. The Morgan fingerprint density at radius 1 is 1.53 bits per heavy atom. The first-order valence-electron chi connectivity index (χ1n) is 4.42. The molecule has 0 aliphatic heterocycles. The lowest BCUT2D eigenvalue weighted by molar-refractivity contribution is -0.617. The molecule has 8 heteroatoms. The third kappa shape index (κ3) is 1.89. The molecule has 2 atom stereocenters. The van der Waals surface area contributed by atoms with Crippen LogP contribution in [0.15, 0.2) is 23.8 Å². The minimum atomic E-state index is -2.39. The molecule has 0 fully saturated rings. The fourth-order valence-electron chi connectivity index (χ4n) is 1.64. The molecule has 17 heavy (non-hydrogen) atoms. The Hall–Kier alpha value is -2.22. The average molecular weight is 243 g/mol. The van der Waals surface area contributed by atoms with Crippen LogP contribution in [0.3, 0.4) is 0 Å². The van der Waals surface area contributed by atoms with E-state index in [2.05, 4.69) is 4.74 Å². The van der Waals surface area contributed by atoms with Gasteiger partial charge >= 0.3 is 17.7 Å².